The second-order valence-electron chi connectivity index (χ2n) is 4.28. The highest BCUT2D eigenvalue weighted by Crippen LogP contribution is 2.27. The molecule has 0 aliphatic carbocycles. The molecule has 0 radical (unpaired) electrons. The highest BCUT2D eigenvalue weighted by Gasteiger charge is 2.25. The van der Waals surface area contributed by atoms with Crippen LogP contribution < -0.4 is 0 Å². The molecule has 0 aliphatic heterocycles. The van der Waals surface area contributed by atoms with Crippen LogP contribution in [0.5, 0.6) is 0 Å². The minimum absolute atomic E-state index is 0.0784. The number of aliphatic hydroxyl groups is 1. The zero-order chi connectivity index (χ0) is 13.7. The number of aryl methyl sites for hydroxylation is 1. The zero-order valence-corrected chi connectivity index (χ0v) is 11.2. The maximum atomic E-state index is 11.5. The summed E-state index contributed by atoms with van der Waals surface area (Å²) in [5.74, 6) is 1.90. The summed E-state index contributed by atoms with van der Waals surface area (Å²) in [7, 11) is 0. The van der Waals surface area contributed by atoms with Crippen LogP contribution >= 0.6 is 11.6 Å². The molecular formula is C14H16ClNO2. The van der Waals surface area contributed by atoms with Crippen LogP contribution in [0, 0.1) is 25.2 Å². The molecule has 1 aromatic rings. The van der Waals surface area contributed by atoms with Crippen molar-refractivity contribution in [2.24, 2.45) is 5.92 Å². The first-order valence-corrected chi connectivity index (χ1v) is 6.09. The molecule has 0 aliphatic rings. The Bertz CT molecular complexity index is 479. The fourth-order valence-electron chi connectivity index (χ4n) is 1.80. The third kappa shape index (κ3) is 3.56. The molecule has 3 nitrogen and oxygen atoms in total. The van der Waals surface area contributed by atoms with E-state index < -0.39 is 12.0 Å². The normalized spacial score (nSPS) is 13.7. The van der Waals surface area contributed by atoms with Crippen molar-refractivity contribution in [1.82, 2.24) is 4.98 Å². The number of nitrogens with zero attached hydrogens (tertiary/aromatic N) is 1. The van der Waals surface area contributed by atoms with Crippen LogP contribution in [0.2, 0.25) is 5.15 Å². The van der Waals surface area contributed by atoms with E-state index in [4.69, 9.17) is 18.0 Å². The van der Waals surface area contributed by atoms with Crippen molar-refractivity contribution >= 4 is 17.4 Å². The predicted octanol–water partition coefficient (Wildman–Crippen LogP) is 2.70. The predicted molar refractivity (Wildman–Crippen MR) is 71.2 cm³/mol. The summed E-state index contributed by atoms with van der Waals surface area (Å²) in [6, 6.07) is 1.74. The Morgan fingerprint density at radius 1 is 1.67 bits per heavy atom. The van der Waals surface area contributed by atoms with E-state index in [1.54, 1.807) is 13.0 Å². The van der Waals surface area contributed by atoms with E-state index in [2.05, 4.69) is 10.9 Å². The number of halogens is 1. The molecule has 96 valence electrons. The maximum absolute atomic E-state index is 11.5. The Morgan fingerprint density at radius 2 is 2.33 bits per heavy atom. The monoisotopic (exact) mass is 265 g/mol. The van der Waals surface area contributed by atoms with Gasteiger partial charge in [0.15, 0.2) is 0 Å². The number of hydrogen-bond acceptors (Lipinski definition) is 3. The van der Waals surface area contributed by atoms with Gasteiger partial charge < -0.3 is 5.11 Å². The molecule has 1 heterocycles. The van der Waals surface area contributed by atoms with Crippen LogP contribution in [0.4, 0.5) is 0 Å². The average molecular weight is 266 g/mol. The van der Waals surface area contributed by atoms with Crippen LogP contribution in [0.3, 0.4) is 0 Å². The number of aliphatic hydroxyl groups excluding tert-OH is 1. The van der Waals surface area contributed by atoms with Crippen LogP contribution in [0.15, 0.2) is 12.3 Å². The molecule has 0 amide bonds. The fraction of sp³-hybridized carbons (Fsp3) is 0.429. The third-order valence-electron chi connectivity index (χ3n) is 2.88. The molecule has 0 saturated heterocycles. The molecule has 4 heteroatoms. The minimum Gasteiger partial charge on any atom is -0.388 e. The molecule has 1 N–H and O–H groups in total. The lowest BCUT2D eigenvalue weighted by Crippen LogP contribution is -2.20. The molecule has 2 atom stereocenters. The average Bonchev–Trinajstić information content (AvgIpc) is 2.32. The summed E-state index contributed by atoms with van der Waals surface area (Å²) < 4.78 is 0. The van der Waals surface area contributed by atoms with Gasteiger partial charge in [0, 0.05) is 18.5 Å². The van der Waals surface area contributed by atoms with Gasteiger partial charge in [0.2, 0.25) is 0 Å². The Balaban J connectivity index is 2.94. The van der Waals surface area contributed by atoms with Gasteiger partial charge >= 0.3 is 0 Å². The zero-order valence-electron chi connectivity index (χ0n) is 10.5. The Hall–Kier alpha value is -1.37. The van der Waals surface area contributed by atoms with Crippen molar-refractivity contribution < 1.29 is 9.90 Å². The topological polar surface area (TPSA) is 50.2 Å². The van der Waals surface area contributed by atoms with E-state index in [-0.39, 0.29) is 5.78 Å². The number of carbonyl (C=O) groups excluding carboxylic acids is 1. The van der Waals surface area contributed by atoms with E-state index in [1.807, 2.05) is 0 Å². The molecule has 1 aromatic heterocycles. The van der Waals surface area contributed by atoms with Gasteiger partial charge in [0.05, 0.1) is 6.10 Å². The van der Waals surface area contributed by atoms with Crippen LogP contribution in [-0.4, -0.2) is 15.9 Å². The van der Waals surface area contributed by atoms with Gasteiger partial charge in [-0.15, -0.1) is 12.3 Å². The summed E-state index contributed by atoms with van der Waals surface area (Å²) in [6.45, 7) is 3.26. The molecule has 1 unspecified atom stereocenters. The van der Waals surface area contributed by atoms with Gasteiger partial charge in [0.25, 0.3) is 0 Å². The highest BCUT2D eigenvalue weighted by molar-refractivity contribution is 6.30. The summed E-state index contributed by atoms with van der Waals surface area (Å²) >= 11 is 5.82. The van der Waals surface area contributed by atoms with Crippen molar-refractivity contribution in [3.8, 4) is 12.3 Å². The lowest BCUT2D eigenvalue weighted by molar-refractivity contribution is -0.124. The molecule has 0 bridgehead atoms. The largest absolute Gasteiger partial charge is 0.388 e. The number of Topliss-reactive ketones (excluding diaryl/α,β-unsaturated/α-hetero) is 1. The SMILES string of the molecule is C#CCC[C@@H](C(C)=O)C(O)c1cnc(Cl)c(C)c1. The van der Waals surface area contributed by atoms with Gasteiger partial charge in [-0.2, -0.15) is 0 Å². The standard InChI is InChI=1S/C14H16ClNO2/c1-4-5-6-12(10(3)17)13(18)11-7-9(2)14(15)16-8-11/h1,7-8,12-13,18H,5-6H2,2-3H3/t12-,13?/m0/s1. The number of hydrogen-bond donors (Lipinski definition) is 1. The number of aromatic nitrogens is 1. The summed E-state index contributed by atoms with van der Waals surface area (Å²) in [5.41, 5.74) is 1.36. The molecule has 0 saturated carbocycles. The number of ketones is 1. The van der Waals surface area contributed by atoms with Gasteiger partial charge in [-0.1, -0.05) is 11.6 Å². The molecule has 0 fully saturated rings. The molecule has 0 aromatic carbocycles. The van der Waals surface area contributed by atoms with Crippen molar-refractivity contribution in [1.29, 1.82) is 0 Å². The molecule has 0 spiro atoms. The summed E-state index contributed by atoms with van der Waals surface area (Å²) in [6.07, 6.45) is 6.72. The summed E-state index contributed by atoms with van der Waals surface area (Å²) in [4.78, 5) is 15.5. The Morgan fingerprint density at radius 3 is 2.83 bits per heavy atom. The molecule has 18 heavy (non-hydrogen) atoms. The second-order valence-corrected chi connectivity index (χ2v) is 4.64. The summed E-state index contributed by atoms with van der Waals surface area (Å²) in [5, 5.41) is 10.6. The number of carbonyl (C=O) groups is 1. The van der Waals surface area contributed by atoms with Crippen molar-refractivity contribution in [2.75, 3.05) is 0 Å². The number of pyridine rings is 1. The fourth-order valence-corrected chi connectivity index (χ4v) is 1.90. The van der Waals surface area contributed by atoms with Gasteiger partial charge in [0.1, 0.15) is 10.9 Å². The van der Waals surface area contributed by atoms with Gasteiger partial charge in [-0.3, -0.25) is 4.79 Å². The van der Waals surface area contributed by atoms with Crippen LogP contribution in [0.25, 0.3) is 0 Å². The van der Waals surface area contributed by atoms with E-state index in [9.17, 15) is 9.90 Å². The Labute approximate surface area is 112 Å². The third-order valence-corrected chi connectivity index (χ3v) is 3.28. The van der Waals surface area contributed by atoms with Crippen molar-refractivity contribution in [3.05, 3.63) is 28.5 Å². The minimum atomic E-state index is -0.890. The Kier molecular flexibility index (Phi) is 5.33. The number of rotatable bonds is 5. The first-order valence-electron chi connectivity index (χ1n) is 5.71. The second kappa shape index (κ2) is 6.53. The molecular weight excluding hydrogens is 250 g/mol. The maximum Gasteiger partial charge on any atom is 0.135 e. The van der Waals surface area contributed by atoms with Gasteiger partial charge in [-0.25, -0.2) is 4.98 Å². The van der Waals surface area contributed by atoms with E-state index in [1.165, 1.54) is 13.1 Å². The van der Waals surface area contributed by atoms with E-state index in [0.717, 1.165) is 5.56 Å². The first kappa shape index (κ1) is 14.7. The quantitative estimate of drug-likeness (QED) is 0.658. The first-order chi connectivity index (χ1) is 8.47. The number of terminal acetylenes is 1. The smallest absolute Gasteiger partial charge is 0.135 e. The van der Waals surface area contributed by atoms with Crippen molar-refractivity contribution in [2.45, 2.75) is 32.8 Å². The highest BCUT2D eigenvalue weighted by atomic mass is 35.5. The van der Waals surface area contributed by atoms with Crippen LogP contribution in [-0.2, 0) is 4.79 Å². The lowest BCUT2D eigenvalue weighted by atomic mass is 9.89. The lowest BCUT2D eigenvalue weighted by Gasteiger charge is -2.20. The van der Waals surface area contributed by atoms with Crippen molar-refractivity contribution in [3.63, 3.8) is 0 Å². The van der Waals surface area contributed by atoms with E-state index in [0.29, 0.717) is 23.6 Å². The van der Waals surface area contributed by atoms with E-state index >= 15 is 0 Å². The van der Waals surface area contributed by atoms with Gasteiger partial charge in [-0.05, 0) is 37.5 Å². The molecule has 1 rings (SSSR count). The van der Waals surface area contributed by atoms with Crippen LogP contribution in [0.1, 0.15) is 37.0 Å².